The third-order valence-electron chi connectivity index (χ3n) is 5.72. The van der Waals surface area contributed by atoms with Gasteiger partial charge in [0.25, 0.3) is 0 Å². The summed E-state index contributed by atoms with van der Waals surface area (Å²) < 4.78 is 44.7. The van der Waals surface area contributed by atoms with Gasteiger partial charge in [0, 0.05) is 36.0 Å². The van der Waals surface area contributed by atoms with Crippen LogP contribution in [0.5, 0.6) is 0 Å². The van der Waals surface area contributed by atoms with Gasteiger partial charge in [-0.1, -0.05) is 12.1 Å². The number of halogens is 3. The first-order valence-corrected chi connectivity index (χ1v) is 10.5. The van der Waals surface area contributed by atoms with E-state index in [1.807, 2.05) is 0 Å². The zero-order valence-electron chi connectivity index (χ0n) is 15.5. The lowest BCUT2D eigenvalue weighted by atomic mass is 9.83. The minimum atomic E-state index is -4.40. The Morgan fingerprint density at radius 3 is 2.64 bits per heavy atom. The molecule has 0 saturated carbocycles. The fourth-order valence-corrected chi connectivity index (χ4v) is 5.17. The molecule has 2 aromatic rings. The summed E-state index contributed by atoms with van der Waals surface area (Å²) in [6, 6.07) is 9.38. The molecule has 0 amide bonds. The topological polar surface area (TPSA) is 32.7 Å². The Morgan fingerprint density at radius 1 is 1.18 bits per heavy atom. The first-order valence-electron chi connectivity index (χ1n) is 9.66. The van der Waals surface area contributed by atoms with E-state index in [1.54, 1.807) is 17.4 Å². The van der Waals surface area contributed by atoms with E-state index >= 15 is 0 Å². The molecule has 28 heavy (non-hydrogen) atoms. The van der Waals surface area contributed by atoms with Crippen molar-refractivity contribution in [2.24, 2.45) is 0 Å². The normalized spacial score (nSPS) is 23.2. The van der Waals surface area contributed by atoms with Crippen LogP contribution in [0.4, 0.5) is 13.2 Å². The molecule has 152 valence electrons. The molecule has 1 aromatic heterocycles. The standard InChI is InChI=1S/C21H24F3NO2S/c22-21(23,24)16-4-1-3-15(13-16)20(26)8-10-25(11-9-20)14-17-6-7-19(28-17)18-5-2-12-27-18/h1,3-4,6-7,13,18,26H,2,5,8-12,14H2. The van der Waals surface area contributed by atoms with Crippen LogP contribution in [0.25, 0.3) is 0 Å². The van der Waals surface area contributed by atoms with Crippen LogP contribution in [0, 0.1) is 0 Å². The second-order valence-corrected chi connectivity index (χ2v) is 8.89. The highest BCUT2D eigenvalue weighted by molar-refractivity contribution is 7.12. The van der Waals surface area contributed by atoms with Crippen LogP contribution in [0.1, 0.15) is 52.7 Å². The zero-order chi connectivity index (χ0) is 19.8. The van der Waals surface area contributed by atoms with E-state index in [0.29, 0.717) is 31.5 Å². The highest BCUT2D eigenvalue weighted by atomic mass is 32.1. The summed E-state index contributed by atoms with van der Waals surface area (Å²) in [6.07, 6.45) is -1.12. The second kappa shape index (κ2) is 7.78. The van der Waals surface area contributed by atoms with E-state index in [4.69, 9.17) is 4.74 Å². The molecule has 7 heteroatoms. The number of ether oxygens (including phenoxy) is 1. The van der Waals surface area contributed by atoms with Crippen molar-refractivity contribution < 1.29 is 23.0 Å². The van der Waals surface area contributed by atoms with Crippen molar-refractivity contribution >= 4 is 11.3 Å². The smallest absolute Gasteiger partial charge is 0.385 e. The van der Waals surface area contributed by atoms with Crippen LogP contribution >= 0.6 is 11.3 Å². The van der Waals surface area contributed by atoms with Gasteiger partial charge >= 0.3 is 6.18 Å². The molecule has 3 heterocycles. The molecule has 0 radical (unpaired) electrons. The third kappa shape index (κ3) is 4.27. The van der Waals surface area contributed by atoms with Crippen molar-refractivity contribution in [2.75, 3.05) is 19.7 Å². The molecular weight excluding hydrogens is 387 g/mol. The molecular formula is C21H24F3NO2S. The Labute approximate surface area is 166 Å². The molecule has 1 aromatic carbocycles. The van der Waals surface area contributed by atoms with Gasteiger partial charge in [-0.2, -0.15) is 13.2 Å². The SMILES string of the molecule is OC1(c2cccc(C(F)(F)F)c2)CCN(Cc2ccc(C3CCCO3)s2)CC1. The Bertz CT molecular complexity index is 806. The van der Waals surface area contributed by atoms with E-state index in [9.17, 15) is 18.3 Å². The molecule has 1 unspecified atom stereocenters. The minimum absolute atomic E-state index is 0.228. The van der Waals surface area contributed by atoms with Gasteiger partial charge in [-0.15, -0.1) is 11.3 Å². The van der Waals surface area contributed by atoms with Gasteiger partial charge in [-0.3, -0.25) is 4.90 Å². The van der Waals surface area contributed by atoms with Crippen LogP contribution in [0.2, 0.25) is 0 Å². The number of alkyl halides is 3. The molecule has 4 rings (SSSR count). The van der Waals surface area contributed by atoms with Gasteiger partial charge < -0.3 is 9.84 Å². The van der Waals surface area contributed by atoms with Crippen molar-refractivity contribution in [3.8, 4) is 0 Å². The van der Waals surface area contributed by atoms with Crippen LogP contribution in [0.3, 0.4) is 0 Å². The number of nitrogens with zero attached hydrogens (tertiary/aromatic N) is 1. The van der Waals surface area contributed by atoms with Gasteiger partial charge in [0.15, 0.2) is 0 Å². The summed E-state index contributed by atoms with van der Waals surface area (Å²) in [5.41, 5.74) is -1.55. The highest BCUT2D eigenvalue weighted by Crippen LogP contribution is 2.38. The quantitative estimate of drug-likeness (QED) is 0.760. The lowest BCUT2D eigenvalue weighted by molar-refractivity contribution is -0.137. The maximum atomic E-state index is 13.0. The Kier molecular flexibility index (Phi) is 5.53. The summed E-state index contributed by atoms with van der Waals surface area (Å²) in [4.78, 5) is 4.78. The summed E-state index contributed by atoms with van der Waals surface area (Å²) in [5.74, 6) is 0. The number of benzene rings is 1. The lowest BCUT2D eigenvalue weighted by Crippen LogP contribution is -2.42. The average Bonchev–Trinajstić information content (AvgIpc) is 3.35. The van der Waals surface area contributed by atoms with E-state index in [1.165, 1.54) is 15.8 Å². The number of hydrogen-bond donors (Lipinski definition) is 1. The molecule has 0 spiro atoms. The average molecular weight is 411 g/mol. The second-order valence-electron chi connectivity index (χ2n) is 7.69. The zero-order valence-corrected chi connectivity index (χ0v) is 16.4. The van der Waals surface area contributed by atoms with Crippen molar-refractivity contribution in [3.63, 3.8) is 0 Å². The van der Waals surface area contributed by atoms with Crippen molar-refractivity contribution in [2.45, 2.75) is 50.1 Å². The molecule has 2 saturated heterocycles. The van der Waals surface area contributed by atoms with Crippen LogP contribution in [-0.2, 0) is 23.1 Å². The first kappa shape index (κ1) is 19.9. The third-order valence-corrected chi connectivity index (χ3v) is 6.88. The molecule has 0 aliphatic carbocycles. The minimum Gasteiger partial charge on any atom is -0.385 e. The molecule has 0 bridgehead atoms. The summed E-state index contributed by atoms with van der Waals surface area (Å²) in [7, 11) is 0. The molecule has 2 aliphatic rings. The number of likely N-dealkylation sites (tertiary alicyclic amines) is 1. The monoisotopic (exact) mass is 411 g/mol. The molecule has 2 aliphatic heterocycles. The predicted octanol–water partition coefficient (Wildman–Crippen LogP) is 5.10. The number of rotatable bonds is 4. The van der Waals surface area contributed by atoms with Gasteiger partial charge in [0.1, 0.15) is 0 Å². The Morgan fingerprint density at radius 2 is 1.96 bits per heavy atom. The molecule has 3 nitrogen and oxygen atoms in total. The number of hydrogen-bond acceptors (Lipinski definition) is 4. The van der Waals surface area contributed by atoms with Crippen molar-refractivity contribution in [3.05, 3.63) is 57.3 Å². The van der Waals surface area contributed by atoms with Gasteiger partial charge in [-0.25, -0.2) is 0 Å². The maximum absolute atomic E-state index is 13.0. The summed E-state index contributed by atoms with van der Waals surface area (Å²) in [5, 5.41) is 11.0. The van der Waals surface area contributed by atoms with Gasteiger partial charge in [0.05, 0.1) is 17.3 Å². The molecule has 1 atom stereocenters. The Hall–Kier alpha value is -1.41. The van der Waals surface area contributed by atoms with Crippen LogP contribution < -0.4 is 0 Å². The van der Waals surface area contributed by atoms with Gasteiger partial charge in [-0.05, 0) is 55.5 Å². The van der Waals surface area contributed by atoms with Crippen molar-refractivity contribution in [1.29, 1.82) is 0 Å². The fraction of sp³-hybridized carbons (Fsp3) is 0.524. The van der Waals surface area contributed by atoms with Crippen molar-refractivity contribution in [1.82, 2.24) is 4.90 Å². The summed E-state index contributed by atoms with van der Waals surface area (Å²) in [6.45, 7) is 2.94. The van der Waals surface area contributed by atoms with E-state index < -0.39 is 17.3 Å². The van der Waals surface area contributed by atoms with Gasteiger partial charge in [0.2, 0.25) is 0 Å². The lowest BCUT2D eigenvalue weighted by Gasteiger charge is -2.38. The molecule has 2 fully saturated rings. The number of thiophene rings is 1. The maximum Gasteiger partial charge on any atom is 0.416 e. The summed E-state index contributed by atoms with van der Waals surface area (Å²) >= 11 is 1.77. The fourth-order valence-electron chi connectivity index (χ4n) is 4.03. The van der Waals surface area contributed by atoms with E-state index in [2.05, 4.69) is 17.0 Å². The largest absolute Gasteiger partial charge is 0.416 e. The molecule has 1 N–H and O–H groups in total. The van der Waals surface area contributed by atoms with Crippen LogP contribution in [-0.4, -0.2) is 29.7 Å². The van der Waals surface area contributed by atoms with Crippen LogP contribution in [0.15, 0.2) is 36.4 Å². The Balaban J connectivity index is 1.38. The number of aliphatic hydroxyl groups is 1. The highest BCUT2D eigenvalue weighted by Gasteiger charge is 2.37. The first-order chi connectivity index (χ1) is 13.3. The van der Waals surface area contributed by atoms with E-state index in [-0.39, 0.29) is 6.10 Å². The predicted molar refractivity (Wildman–Crippen MR) is 102 cm³/mol. The number of piperidine rings is 1. The van der Waals surface area contributed by atoms with E-state index in [0.717, 1.165) is 38.1 Å².